The average Bonchev–Trinajstić information content (AvgIpc) is 2.46. The van der Waals surface area contributed by atoms with Crippen LogP contribution in [0.5, 0.6) is 0 Å². The molecule has 1 heterocycles. The third-order valence-corrected chi connectivity index (χ3v) is 4.77. The Kier molecular flexibility index (Phi) is 5.03. The fourth-order valence-corrected chi connectivity index (χ4v) is 2.90. The van der Waals surface area contributed by atoms with Crippen LogP contribution in [-0.2, 0) is 6.54 Å². The fraction of sp³-hybridized carbons (Fsp3) is 0.647. The molecule has 1 aromatic rings. The molecule has 1 aromatic carbocycles. The maximum absolute atomic E-state index is 13.5. The first-order chi connectivity index (χ1) is 9.58. The van der Waals surface area contributed by atoms with Crippen LogP contribution in [0.2, 0.25) is 0 Å². The molecule has 1 aliphatic rings. The number of piperidine rings is 1. The first-order valence-corrected chi connectivity index (χ1v) is 7.82. The molecule has 0 amide bonds. The van der Waals surface area contributed by atoms with Gasteiger partial charge in [-0.3, -0.25) is 0 Å². The zero-order chi connectivity index (χ0) is 14.6. The van der Waals surface area contributed by atoms with Gasteiger partial charge < -0.3 is 10.2 Å². The number of nitrogens with zero attached hydrogens (tertiary/aromatic N) is 1. The van der Waals surface area contributed by atoms with Gasteiger partial charge in [0.1, 0.15) is 5.82 Å². The first kappa shape index (κ1) is 15.3. The van der Waals surface area contributed by atoms with Crippen molar-refractivity contribution in [3.8, 4) is 0 Å². The van der Waals surface area contributed by atoms with E-state index in [1.807, 2.05) is 6.07 Å². The van der Waals surface area contributed by atoms with E-state index < -0.39 is 0 Å². The van der Waals surface area contributed by atoms with E-state index in [0.29, 0.717) is 5.41 Å². The van der Waals surface area contributed by atoms with Gasteiger partial charge in [0.05, 0.1) is 0 Å². The molecule has 0 saturated carbocycles. The van der Waals surface area contributed by atoms with Crippen LogP contribution < -0.4 is 10.2 Å². The normalized spacial score (nSPS) is 18.3. The van der Waals surface area contributed by atoms with Crippen molar-refractivity contribution in [2.75, 3.05) is 24.5 Å². The molecular weight excluding hydrogens is 251 g/mol. The molecule has 0 spiro atoms. The molecule has 112 valence electrons. The largest absolute Gasteiger partial charge is 0.371 e. The van der Waals surface area contributed by atoms with E-state index in [2.05, 4.69) is 31.0 Å². The number of nitrogens with one attached hydrogen (secondary N) is 1. The SMILES string of the molecule is CCNCc1cc(F)ccc1N1CCC(C)(CC)CC1. The minimum Gasteiger partial charge on any atom is -0.371 e. The van der Waals surface area contributed by atoms with E-state index in [1.165, 1.54) is 24.9 Å². The molecule has 1 aliphatic heterocycles. The standard InChI is InChI=1S/C17H27FN2/c1-4-17(3)8-10-20(11-9-17)16-7-6-15(18)12-14(16)13-19-5-2/h6-7,12,19H,4-5,8-11,13H2,1-3H3. The van der Waals surface area contributed by atoms with Gasteiger partial charge in [-0.25, -0.2) is 4.39 Å². The van der Waals surface area contributed by atoms with Crippen molar-refractivity contribution in [1.82, 2.24) is 5.32 Å². The van der Waals surface area contributed by atoms with Gasteiger partial charge in [-0.2, -0.15) is 0 Å². The fourth-order valence-electron chi connectivity index (χ4n) is 2.90. The Labute approximate surface area is 122 Å². The van der Waals surface area contributed by atoms with Crippen LogP contribution in [0.3, 0.4) is 0 Å². The number of anilines is 1. The molecule has 0 bridgehead atoms. The quantitative estimate of drug-likeness (QED) is 0.877. The summed E-state index contributed by atoms with van der Waals surface area (Å²) in [5.74, 6) is -0.142. The Morgan fingerprint density at radius 2 is 1.95 bits per heavy atom. The molecule has 0 aliphatic carbocycles. The predicted molar refractivity (Wildman–Crippen MR) is 83.6 cm³/mol. The number of benzene rings is 1. The van der Waals surface area contributed by atoms with Gasteiger partial charge in [0.25, 0.3) is 0 Å². The summed E-state index contributed by atoms with van der Waals surface area (Å²) in [7, 11) is 0. The molecule has 0 radical (unpaired) electrons. The van der Waals surface area contributed by atoms with E-state index in [-0.39, 0.29) is 5.82 Å². The van der Waals surface area contributed by atoms with Crippen molar-refractivity contribution in [2.45, 2.75) is 46.6 Å². The maximum Gasteiger partial charge on any atom is 0.123 e. The third kappa shape index (κ3) is 3.51. The van der Waals surface area contributed by atoms with Crippen molar-refractivity contribution in [3.63, 3.8) is 0 Å². The van der Waals surface area contributed by atoms with Crippen molar-refractivity contribution in [2.24, 2.45) is 5.41 Å². The second-order valence-electron chi connectivity index (χ2n) is 6.20. The van der Waals surface area contributed by atoms with E-state index >= 15 is 0 Å². The molecule has 1 saturated heterocycles. The number of hydrogen-bond acceptors (Lipinski definition) is 2. The molecule has 0 unspecified atom stereocenters. The zero-order valence-electron chi connectivity index (χ0n) is 13.0. The highest BCUT2D eigenvalue weighted by Crippen LogP contribution is 2.36. The molecule has 0 aromatic heterocycles. The molecule has 2 rings (SSSR count). The summed E-state index contributed by atoms with van der Waals surface area (Å²) in [5, 5.41) is 3.31. The van der Waals surface area contributed by atoms with Gasteiger partial charge in [0, 0.05) is 25.3 Å². The van der Waals surface area contributed by atoms with Crippen molar-refractivity contribution < 1.29 is 4.39 Å². The van der Waals surface area contributed by atoms with E-state index in [4.69, 9.17) is 0 Å². The van der Waals surface area contributed by atoms with Crippen LogP contribution in [0, 0.1) is 11.2 Å². The highest BCUT2D eigenvalue weighted by Gasteiger charge is 2.28. The van der Waals surface area contributed by atoms with Crippen LogP contribution >= 0.6 is 0 Å². The van der Waals surface area contributed by atoms with Gasteiger partial charge >= 0.3 is 0 Å². The molecule has 1 N–H and O–H groups in total. The Balaban J connectivity index is 2.12. The number of rotatable bonds is 5. The summed E-state index contributed by atoms with van der Waals surface area (Å²) in [4.78, 5) is 2.42. The second-order valence-corrected chi connectivity index (χ2v) is 6.20. The Bertz CT molecular complexity index is 437. The highest BCUT2D eigenvalue weighted by atomic mass is 19.1. The maximum atomic E-state index is 13.5. The van der Waals surface area contributed by atoms with E-state index in [9.17, 15) is 4.39 Å². The van der Waals surface area contributed by atoms with E-state index in [1.54, 1.807) is 12.1 Å². The summed E-state index contributed by atoms with van der Waals surface area (Å²) < 4.78 is 13.5. The average molecular weight is 278 g/mol. The summed E-state index contributed by atoms with van der Waals surface area (Å²) in [6, 6.07) is 5.20. The van der Waals surface area contributed by atoms with Crippen molar-refractivity contribution in [1.29, 1.82) is 0 Å². The zero-order valence-corrected chi connectivity index (χ0v) is 13.0. The van der Waals surface area contributed by atoms with Gasteiger partial charge in [-0.15, -0.1) is 0 Å². The molecule has 20 heavy (non-hydrogen) atoms. The molecule has 2 nitrogen and oxygen atoms in total. The first-order valence-electron chi connectivity index (χ1n) is 7.82. The second kappa shape index (κ2) is 6.57. The molecule has 1 fully saturated rings. The summed E-state index contributed by atoms with van der Waals surface area (Å²) in [5.41, 5.74) is 2.76. The topological polar surface area (TPSA) is 15.3 Å². The van der Waals surface area contributed by atoms with E-state index in [0.717, 1.165) is 31.7 Å². The van der Waals surface area contributed by atoms with Crippen LogP contribution in [0.25, 0.3) is 0 Å². The lowest BCUT2D eigenvalue weighted by Crippen LogP contribution is -2.39. The van der Waals surface area contributed by atoms with Gasteiger partial charge in [0.15, 0.2) is 0 Å². The van der Waals surface area contributed by atoms with Crippen LogP contribution in [-0.4, -0.2) is 19.6 Å². The molecule has 3 heteroatoms. The summed E-state index contributed by atoms with van der Waals surface area (Å²) in [6.45, 7) is 10.5. The third-order valence-electron chi connectivity index (χ3n) is 4.77. The lowest BCUT2D eigenvalue weighted by atomic mass is 9.78. The predicted octanol–water partition coefficient (Wildman–Crippen LogP) is 3.95. The smallest absolute Gasteiger partial charge is 0.123 e. The Morgan fingerprint density at radius 3 is 2.55 bits per heavy atom. The van der Waals surface area contributed by atoms with Crippen molar-refractivity contribution in [3.05, 3.63) is 29.6 Å². The van der Waals surface area contributed by atoms with Crippen molar-refractivity contribution >= 4 is 5.69 Å². The van der Waals surface area contributed by atoms with Crippen LogP contribution in [0.4, 0.5) is 10.1 Å². The summed E-state index contributed by atoms with van der Waals surface area (Å²) >= 11 is 0. The Hall–Kier alpha value is -1.09. The lowest BCUT2D eigenvalue weighted by Gasteiger charge is -2.40. The van der Waals surface area contributed by atoms with Gasteiger partial charge in [-0.1, -0.05) is 27.2 Å². The minimum absolute atomic E-state index is 0.142. The Morgan fingerprint density at radius 1 is 1.25 bits per heavy atom. The number of hydrogen-bond donors (Lipinski definition) is 1. The van der Waals surface area contributed by atoms with Crippen LogP contribution in [0.1, 0.15) is 45.6 Å². The number of halogens is 1. The monoisotopic (exact) mass is 278 g/mol. The lowest BCUT2D eigenvalue weighted by molar-refractivity contribution is 0.238. The highest BCUT2D eigenvalue weighted by molar-refractivity contribution is 5.54. The van der Waals surface area contributed by atoms with Gasteiger partial charge in [0.2, 0.25) is 0 Å². The summed E-state index contributed by atoms with van der Waals surface area (Å²) in [6.07, 6.45) is 3.69. The molecule has 0 atom stereocenters. The van der Waals surface area contributed by atoms with Crippen LogP contribution in [0.15, 0.2) is 18.2 Å². The molecular formula is C17H27FN2. The minimum atomic E-state index is -0.142. The van der Waals surface area contributed by atoms with Gasteiger partial charge in [-0.05, 0) is 48.6 Å².